The Kier molecular flexibility index (Phi) is 5.82. The summed E-state index contributed by atoms with van der Waals surface area (Å²) in [6, 6.07) is 5.72. The highest BCUT2D eigenvalue weighted by Gasteiger charge is 2.24. The van der Waals surface area contributed by atoms with Gasteiger partial charge in [-0.15, -0.1) is 5.10 Å². The topological polar surface area (TPSA) is 112 Å². The molecular weight excluding hydrogens is 422 g/mol. The Balaban J connectivity index is 1.55. The number of methoxy groups -OCH3 is 2. The predicted octanol–water partition coefficient (Wildman–Crippen LogP) is 3.18. The third-order valence-electron chi connectivity index (χ3n) is 5.96. The summed E-state index contributed by atoms with van der Waals surface area (Å²) in [6.07, 6.45) is 5.33. The van der Waals surface area contributed by atoms with E-state index in [0.29, 0.717) is 24.1 Å². The summed E-state index contributed by atoms with van der Waals surface area (Å²) >= 11 is 0. The molecule has 0 spiro atoms. The number of fused-ring (bicyclic) bond motifs is 1. The quantitative estimate of drug-likeness (QED) is 0.439. The van der Waals surface area contributed by atoms with E-state index in [1.807, 2.05) is 25.1 Å². The number of aromatic nitrogens is 5. The van der Waals surface area contributed by atoms with Crippen molar-refractivity contribution in [3.8, 4) is 23.1 Å². The first-order valence-electron chi connectivity index (χ1n) is 11.0. The molecule has 0 amide bonds. The van der Waals surface area contributed by atoms with Crippen LogP contribution in [-0.2, 0) is 6.54 Å². The first kappa shape index (κ1) is 21.2. The molecular formula is C23H27N7O3. The Hall–Kier alpha value is -3.66. The van der Waals surface area contributed by atoms with Crippen LogP contribution in [-0.4, -0.2) is 51.9 Å². The molecule has 1 aliphatic heterocycles. The molecule has 3 aromatic heterocycles. The Morgan fingerprint density at radius 1 is 1.24 bits per heavy atom. The number of oxazole rings is 1. The molecule has 172 valence electrons. The van der Waals surface area contributed by atoms with Gasteiger partial charge in [-0.25, -0.2) is 15.0 Å². The van der Waals surface area contributed by atoms with E-state index in [0.717, 1.165) is 60.0 Å². The van der Waals surface area contributed by atoms with Crippen molar-refractivity contribution in [3.05, 3.63) is 47.6 Å². The molecule has 0 saturated carbocycles. The van der Waals surface area contributed by atoms with Crippen molar-refractivity contribution in [3.63, 3.8) is 0 Å². The lowest BCUT2D eigenvalue weighted by Gasteiger charge is -2.19. The number of benzene rings is 1. The number of ether oxygens (including phenoxy) is 2. The van der Waals surface area contributed by atoms with Crippen molar-refractivity contribution in [1.29, 1.82) is 0 Å². The van der Waals surface area contributed by atoms with Crippen LogP contribution in [0.5, 0.6) is 11.5 Å². The molecule has 0 bridgehead atoms. The molecule has 0 aliphatic carbocycles. The van der Waals surface area contributed by atoms with Crippen molar-refractivity contribution in [2.24, 2.45) is 0 Å². The summed E-state index contributed by atoms with van der Waals surface area (Å²) in [5.41, 5.74) is 3.20. The van der Waals surface area contributed by atoms with E-state index in [2.05, 4.69) is 15.6 Å². The maximum atomic E-state index is 5.55. The van der Waals surface area contributed by atoms with Crippen molar-refractivity contribution < 1.29 is 13.9 Å². The second kappa shape index (κ2) is 9.07. The normalized spacial score (nSPS) is 16.2. The van der Waals surface area contributed by atoms with Gasteiger partial charge in [-0.2, -0.15) is 4.52 Å². The summed E-state index contributed by atoms with van der Waals surface area (Å²) < 4.78 is 18.2. The van der Waals surface area contributed by atoms with Crippen LogP contribution in [0.4, 0.5) is 5.95 Å². The van der Waals surface area contributed by atoms with Crippen molar-refractivity contribution in [2.75, 3.05) is 32.6 Å². The smallest absolute Gasteiger partial charge is 0.245 e. The number of hydrogen-bond acceptors (Lipinski definition) is 9. The van der Waals surface area contributed by atoms with Gasteiger partial charge >= 0.3 is 0 Å². The van der Waals surface area contributed by atoms with Crippen molar-refractivity contribution in [2.45, 2.75) is 32.2 Å². The molecule has 1 aliphatic rings. The molecule has 4 heterocycles. The highest BCUT2D eigenvalue weighted by Crippen LogP contribution is 2.29. The number of hydrogen-bond donors (Lipinski definition) is 2. The SMILES string of the molecule is COc1ccc(CNc2nc(-c3ncco3)c(C)c3nc([C@@H]4CCCNC4)nn23)c(OC)c1. The van der Waals surface area contributed by atoms with Gasteiger partial charge in [0.1, 0.15) is 23.5 Å². The van der Waals surface area contributed by atoms with Gasteiger partial charge in [0.25, 0.3) is 0 Å². The number of rotatable bonds is 7. The van der Waals surface area contributed by atoms with Crippen LogP contribution in [0.25, 0.3) is 17.2 Å². The van der Waals surface area contributed by atoms with Crippen molar-refractivity contribution in [1.82, 2.24) is 29.9 Å². The minimum absolute atomic E-state index is 0.276. The largest absolute Gasteiger partial charge is 0.497 e. The monoisotopic (exact) mass is 449 g/mol. The number of piperidine rings is 1. The first-order chi connectivity index (χ1) is 16.2. The molecule has 1 atom stereocenters. The number of nitrogens with one attached hydrogen (secondary N) is 2. The van der Waals surface area contributed by atoms with Gasteiger partial charge in [0.15, 0.2) is 11.5 Å². The van der Waals surface area contributed by atoms with Crippen LogP contribution in [0, 0.1) is 6.92 Å². The summed E-state index contributed by atoms with van der Waals surface area (Å²) in [5.74, 6) is 3.57. The lowest BCUT2D eigenvalue weighted by molar-refractivity contribution is 0.391. The van der Waals surface area contributed by atoms with Crippen LogP contribution in [0.15, 0.2) is 35.1 Å². The second-order valence-electron chi connectivity index (χ2n) is 8.03. The summed E-state index contributed by atoms with van der Waals surface area (Å²) in [4.78, 5) is 14.0. The number of nitrogens with zero attached hydrogens (tertiary/aromatic N) is 5. The van der Waals surface area contributed by atoms with E-state index < -0.39 is 0 Å². The third-order valence-corrected chi connectivity index (χ3v) is 5.96. The lowest BCUT2D eigenvalue weighted by atomic mass is 9.99. The second-order valence-corrected chi connectivity index (χ2v) is 8.03. The molecule has 1 aromatic carbocycles. The van der Waals surface area contributed by atoms with Crippen LogP contribution in [0.2, 0.25) is 0 Å². The molecule has 33 heavy (non-hydrogen) atoms. The molecule has 1 fully saturated rings. The van der Waals surface area contributed by atoms with E-state index in [1.54, 1.807) is 31.2 Å². The van der Waals surface area contributed by atoms with Gasteiger partial charge in [0.05, 0.1) is 20.4 Å². The first-order valence-corrected chi connectivity index (χ1v) is 11.0. The van der Waals surface area contributed by atoms with E-state index in [9.17, 15) is 0 Å². The minimum Gasteiger partial charge on any atom is -0.497 e. The fraction of sp³-hybridized carbons (Fsp3) is 0.391. The molecule has 0 radical (unpaired) electrons. The standard InChI is InChI=1S/C23H27N7O3/c1-14-19(22-25-9-10-33-22)27-23(26-13-15-6-7-17(31-2)11-18(15)32-3)30-21(14)28-20(29-30)16-5-4-8-24-12-16/h6-7,9-11,16,24H,4-5,8,12-13H2,1-3H3,(H,26,27)/t16-/m1/s1. The summed E-state index contributed by atoms with van der Waals surface area (Å²) in [5, 5.41) is 11.7. The molecule has 4 aromatic rings. The van der Waals surface area contributed by atoms with Crippen LogP contribution >= 0.6 is 0 Å². The van der Waals surface area contributed by atoms with E-state index in [4.69, 9.17) is 29.0 Å². The van der Waals surface area contributed by atoms with Gasteiger partial charge < -0.3 is 24.5 Å². The Bertz CT molecular complexity index is 1250. The molecule has 2 N–H and O–H groups in total. The predicted molar refractivity (Wildman–Crippen MR) is 123 cm³/mol. The number of aryl methyl sites for hydroxylation is 1. The Morgan fingerprint density at radius 3 is 2.88 bits per heavy atom. The molecule has 1 saturated heterocycles. The lowest BCUT2D eigenvalue weighted by Crippen LogP contribution is -2.29. The molecule has 0 unspecified atom stereocenters. The van der Waals surface area contributed by atoms with Gasteiger partial charge in [0.2, 0.25) is 11.8 Å². The zero-order valence-corrected chi connectivity index (χ0v) is 19.0. The number of anilines is 1. The summed E-state index contributed by atoms with van der Waals surface area (Å²) in [7, 11) is 3.27. The zero-order valence-electron chi connectivity index (χ0n) is 19.0. The average Bonchev–Trinajstić information content (AvgIpc) is 3.55. The zero-order chi connectivity index (χ0) is 22.8. The van der Waals surface area contributed by atoms with Gasteiger partial charge in [-0.1, -0.05) is 0 Å². The van der Waals surface area contributed by atoms with Crippen LogP contribution < -0.4 is 20.1 Å². The average molecular weight is 450 g/mol. The maximum Gasteiger partial charge on any atom is 0.245 e. The molecule has 5 rings (SSSR count). The van der Waals surface area contributed by atoms with Crippen LogP contribution in [0.1, 0.15) is 35.7 Å². The minimum atomic E-state index is 0.276. The van der Waals surface area contributed by atoms with Gasteiger partial charge in [-0.3, -0.25) is 0 Å². The molecule has 10 nitrogen and oxygen atoms in total. The van der Waals surface area contributed by atoms with E-state index in [-0.39, 0.29) is 5.92 Å². The van der Waals surface area contributed by atoms with E-state index in [1.165, 1.54) is 0 Å². The Labute approximate surface area is 191 Å². The van der Waals surface area contributed by atoms with Crippen molar-refractivity contribution >= 4 is 11.6 Å². The summed E-state index contributed by atoms with van der Waals surface area (Å²) in [6.45, 7) is 4.36. The Morgan fingerprint density at radius 2 is 2.15 bits per heavy atom. The van der Waals surface area contributed by atoms with Crippen LogP contribution in [0.3, 0.4) is 0 Å². The highest BCUT2D eigenvalue weighted by molar-refractivity contribution is 5.66. The van der Waals surface area contributed by atoms with Gasteiger partial charge in [0, 0.05) is 36.2 Å². The third kappa shape index (κ3) is 4.09. The fourth-order valence-corrected chi connectivity index (χ4v) is 4.14. The maximum absolute atomic E-state index is 5.55. The fourth-order valence-electron chi connectivity index (χ4n) is 4.14. The highest BCUT2D eigenvalue weighted by atomic mass is 16.5. The molecule has 10 heteroatoms. The van der Waals surface area contributed by atoms with Gasteiger partial charge in [-0.05, 0) is 38.4 Å². The van der Waals surface area contributed by atoms with E-state index >= 15 is 0 Å².